The van der Waals surface area contributed by atoms with Crippen LogP contribution < -0.4 is 10.2 Å². The number of nitrogens with one attached hydrogen (secondary N) is 1. The monoisotopic (exact) mass is 632 g/mol. The number of halogens is 3. The zero-order valence-electron chi connectivity index (χ0n) is 24.5. The van der Waals surface area contributed by atoms with Gasteiger partial charge in [0.25, 0.3) is 0 Å². The molecule has 1 N–H and O–H groups in total. The number of hydrogen-bond donors (Lipinski definition) is 1. The molecule has 0 bridgehead atoms. The lowest BCUT2D eigenvalue weighted by Crippen LogP contribution is -2.50. The first-order valence-electron chi connectivity index (χ1n) is 13.6. The van der Waals surface area contributed by atoms with Crippen molar-refractivity contribution in [3.63, 3.8) is 0 Å². The average Bonchev–Trinajstić information content (AvgIpc) is 3.32. The minimum absolute atomic E-state index is 0.00678. The van der Waals surface area contributed by atoms with Gasteiger partial charge in [0.05, 0.1) is 15.2 Å². The molecule has 2 amide bonds. The second kappa shape index (κ2) is 11.3. The summed E-state index contributed by atoms with van der Waals surface area (Å²) in [4.78, 5) is 41.3. The number of rotatable bonds is 3. The van der Waals surface area contributed by atoms with Gasteiger partial charge in [0.2, 0.25) is 0 Å². The van der Waals surface area contributed by atoms with Crippen molar-refractivity contribution in [2.45, 2.75) is 52.7 Å². The number of thiazole rings is 1. The molecule has 1 aliphatic heterocycles. The molecule has 1 saturated heterocycles. The fraction of sp³-hybridized carbons (Fsp3) is 0.414. The highest BCUT2D eigenvalue weighted by atomic mass is 35.5. The van der Waals surface area contributed by atoms with Crippen molar-refractivity contribution in [3.05, 3.63) is 41.2 Å². The number of carbonyl (C=O) groups is 2. The Morgan fingerprint density at radius 3 is 2.30 bits per heavy atom. The molecule has 1 aliphatic rings. The van der Waals surface area contributed by atoms with E-state index in [0.29, 0.717) is 37.4 Å². The Balaban J connectivity index is 1.48. The number of hydrogen-bond acceptors (Lipinski definition) is 9. The SMILES string of the molecule is CC(C)(C)OC(=O)Nc1nc2c(-c3c(Cl)cc4c(N5CCN(C(=O)OC(C)(C)C)CC5)ncnc4c3F)ccc(F)c2s1. The van der Waals surface area contributed by atoms with E-state index in [9.17, 15) is 14.0 Å². The van der Waals surface area contributed by atoms with Crippen LogP contribution in [0.1, 0.15) is 41.5 Å². The summed E-state index contributed by atoms with van der Waals surface area (Å²) in [6, 6.07) is 4.16. The summed E-state index contributed by atoms with van der Waals surface area (Å²) in [6.45, 7) is 12.3. The van der Waals surface area contributed by atoms with Crippen molar-refractivity contribution < 1.29 is 27.8 Å². The van der Waals surface area contributed by atoms with Gasteiger partial charge in [-0.25, -0.2) is 33.3 Å². The Kier molecular flexibility index (Phi) is 8.07. The number of piperazine rings is 1. The lowest BCUT2D eigenvalue weighted by Gasteiger charge is -2.36. The maximum absolute atomic E-state index is 16.2. The van der Waals surface area contributed by atoms with Gasteiger partial charge in [-0.15, -0.1) is 0 Å². The standard InChI is InChI=1S/C29H31ClF2N6O4S/c1-28(2,3)41-26(39)36-25-35-22-15(7-8-18(31)23(22)43-25)19-17(30)13-16-21(20(19)32)33-14-34-24(16)37-9-11-38(12-10-37)27(40)42-29(4,5)6/h7-8,13-14H,9-12H2,1-6H3,(H,35,36,39). The van der Waals surface area contributed by atoms with Crippen LogP contribution in [0, 0.1) is 11.6 Å². The molecular formula is C29H31ClF2N6O4S. The maximum atomic E-state index is 16.2. The van der Waals surface area contributed by atoms with Gasteiger partial charge in [-0.05, 0) is 59.7 Å². The van der Waals surface area contributed by atoms with Crippen LogP contribution in [0.5, 0.6) is 0 Å². The van der Waals surface area contributed by atoms with Gasteiger partial charge < -0.3 is 19.3 Å². The van der Waals surface area contributed by atoms with E-state index in [-0.39, 0.29) is 37.0 Å². The molecule has 5 rings (SSSR count). The Morgan fingerprint density at radius 1 is 0.977 bits per heavy atom. The van der Waals surface area contributed by atoms with Gasteiger partial charge in [0.15, 0.2) is 10.9 Å². The van der Waals surface area contributed by atoms with Crippen molar-refractivity contribution in [1.29, 1.82) is 0 Å². The number of aromatic nitrogens is 3. The lowest BCUT2D eigenvalue weighted by atomic mass is 10.0. The van der Waals surface area contributed by atoms with Crippen LogP contribution >= 0.6 is 22.9 Å². The van der Waals surface area contributed by atoms with Crippen LogP contribution in [0.25, 0.3) is 32.2 Å². The third-order valence-electron chi connectivity index (χ3n) is 6.40. The summed E-state index contributed by atoms with van der Waals surface area (Å²) >= 11 is 7.59. The first kappa shape index (κ1) is 30.6. The van der Waals surface area contributed by atoms with Crippen molar-refractivity contribution >= 4 is 67.2 Å². The minimum atomic E-state index is -0.750. The number of anilines is 2. The summed E-state index contributed by atoms with van der Waals surface area (Å²) in [5.41, 5.74) is -0.963. The number of amides is 2. The predicted molar refractivity (Wildman–Crippen MR) is 163 cm³/mol. The summed E-state index contributed by atoms with van der Waals surface area (Å²) in [6.07, 6.45) is 0.125. The third-order valence-corrected chi connectivity index (χ3v) is 7.68. The molecular weight excluding hydrogens is 602 g/mol. The summed E-state index contributed by atoms with van der Waals surface area (Å²) in [5, 5.41) is 3.04. The minimum Gasteiger partial charge on any atom is -0.444 e. The van der Waals surface area contributed by atoms with E-state index < -0.39 is 35.0 Å². The van der Waals surface area contributed by atoms with Gasteiger partial charge >= 0.3 is 12.2 Å². The number of ether oxygens (including phenoxy) is 2. The predicted octanol–water partition coefficient (Wildman–Crippen LogP) is 7.24. The number of fused-ring (bicyclic) bond motifs is 2. The van der Waals surface area contributed by atoms with Crippen LogP contribution in [0.2, 0.25) is 5.02 Å². The zero-order chi connectivity index (χ0) is 31.3. The number of nitrogens with zero attached hydrogens (tertiary/aromatic N) is 5. The first-order chi connectivity index (χ1) is 20.1. The highest BCUT2D eigenvalue weighted by molar-refractivity contribution is 7.22. The van der Waals surface area contributed by atoms with E-state index in [1.807, 2.05) is 25.7 Å². The van der Waals surface area contributed by atoms with Crippen LogP contribution in [0.3, 0.4) is 0 Å². The van der Waals surface area contributed by atoms with E-state index in [1.54, 1.807) is 31.7 Å². The smallest absolute Gasteiger partial charge is 0.413 e. The Bertz CT molecular complexity index is 1730. The van der Waals surface area contributed by atoms with Gasteiger partial charge in [-0.2, -0.15) is 0 Å². The maximum Gasteiger partial charge on any atom is 0.413 e. The fourth-order valence-electron chi connectivity index (χ4n) is 4.66. The van der Waals surface area contributed by atoms with E-state index >= 15 is 4.39 Å². The van der Waals surface area contributed by atoms with Gasteiger partial charge in [0.1, 0.15) is 34.7 Å². The highest BCUT2D eigenvalue weighted by Crippen LogP contribution is 2.42. The topological polar surface area (TPSA) is 110 Å². The number of carbonyl (C=O) groups excluding carboxylic acids is 2. The quantitative estimate of drug-likeness (QED) is 0.252. The molecule has 0 spiro atoms. The fourth-order valence-corrected chi connectivity index (χ4v) is 5.84. The van der Waals surface area contributed by atoms with Crippen LogP contribution in [0.15, 0.2) is 24.5 Å². The van der Waals surface area contributed by atoms with Gasteiger partial charge in [0, 0.05) is 42.7 Å². The number of benzene rings is 2. The molecule has 0 radical (unpaired) electrons. The zero-order valence-corrected chi connectivity index (χ0v) is 26.1. The van der Waals surface area contributed by atoms with Crippen LogP contribution in [-0.2, 0) is 9.47 Å². The van der Waals surface area contributed by atoms with Crippen molar-refractivity contribution in [2.75, 3.05) is 36.4 Å². The Morgan fingerprint density at radius 2 is 1.65 bits per heavy atom. The van der Waals surface area contributed by atoms with E-state index in [2.05, 4.69) is 20.3 Å². The summed E-state index contributed by atoms with van der Waals surface area (Å²) < 4.78 is 41.9. The van der Waals surface area contributed by atoms with Crippen LogP contribution in [0.4, 0.5) is 29.3 Å². The third kappa shape index (κ3) is 6.57. The first-order valence-corrected chi connectivity index (χ1v) is 14.8. The average molecular weight is 633 g/mol. The molecule has 2 aromatic carbocycles. The largest absolute Gasteiger partial charge is 0.444 e. The van der Waals surface area contributed by atoms with Crippen LogP contribution in [-0.4, -0.2) is 69.4 Å². The second-order valence-electron chi connectivity index (χ2n) is 12.0. The molecule has 0 unspecified atom stereocenters. The molecule has 0 saturated carbocycles. The molecule has 1 fully saturated rings. The van der Waals surface area contributed by atoms with Crippen molar-refractivity contribution in [2.24, 2.45) is 0 Å². The molecule has 14 heteroatoms. The molecule has 2 aromatic heterocycles. The van der Waals surface area contributed by atoms with Crippen molar-refractivity contribution in [1.82, 2.24) is 19.9 Å². The molecule has 10 nitrogen and oxygen atoms in total. The molecule has 0 aliphatic carbocycles. The molecule has 3 heterocycles. The molecule has 4 aromatic rings. The van der Waals surface area contributed by atoms with Gasteiger partial charge in [-0.3, -0.25) is 5.32 Å². The normalized spacial score (nSPS) is 14.3. The second-order valence-corrected chi connectivity index (χ2v) is 13.4. The highest BCUT2D eigenvalue weighted by Gasteiger charge is 2.29. The summed E-state index contributed by atoms with van der Waals surface area (Å²) in [7, 11) is 0. The Labute approximate surface area is 256 Å². The van der Waals surface area contributed by atoms with Crippen molar-refractivity contribution in [3.8, 4) is 11.1 Å². The molecule has 43 heavy (non-hydrogen) atoms. The lowest BCUT2D eigenvalue weighted by molar-refractivity contribution is 0.0240. The van der Waals surface area contributed by atoms with E-state index in [4.69, 9.17) is 21.1 Å². The summed E-state index contributed by atoms with van der Waals surface area (Å²) in [5.74, 6) is -0.829. The van der Waals surface area contributed by atoms with E-state index in [1.165, 1.54) is 18.5 Å². The van der Waals surface area contributed by atoms with E-state index in [0.717, 1.165) is 11.3 Å². The Hall–Kier alpha value is -3.84. The molecule has 228 valence electrons. The molecule has 0 atom stereocenters. The van der Waals surface area contributed by atoms with Gasteiger partial charge in [-0.1, -0.05) is 22.9 Å².